The number of nitro groups is 1. The van der Waals surface area contributed by atoms with Crippen molar-refractivity contribution < 1.29 is 9.66 Å². The third-order valence-electron chi connectivity index (χ3n) is 2.43. The topological polar surface area (TPSA) is 110 Å². The molecule has 20 heavy (non-hydrogen) atoms. The van der Waals surface area contributed by atoms with Crippen LogP contribution in [0.2, 0.25) is 5.02 Å². The Labute approximate surface area is 117 Å². The molecule has 0 aliphatic rings. The summed E-state index contributed by atoms with van der Waals surface area (Å²) >= 11 is 5.86. The molecule has 2 N–H and O–H groups in total. The van der Waals surface area contributed by atoms with Crippen LogP contribution in [0, 0.1) is 10.1 Å². The van der Waals surface area contributed by atoms with Crippen molar-refractivity contribution in [3.05, 3.63) is 50.0 Å². The predicted octanol–water partition coefficient (Wildman–Crippen LogP) is 2.08. The van der Waals surface area contributed by atoms with Crippen LogP contribution in [0.25, 0.3) is 0 Å². The number of ether oxygens (including phenoxy) is 1. The molecule has 0 aliphatic heterocycles. The lowest BCUT2D eigenvalue weighted by Crippen LogP contribution is -2.14. The molecule has 0 saturated carbocycles. The summed E-state index contributed by atoms with van der Waals surface area (Å²) in [6.07, 6.45) is 1.06. The highest BCUT2D eigenvalue weighted by Crippen LogP contribution is 2.31. The van der Waals surface area contributed by atoms with Crippen molar-refractivity contribution in [3.63, 3.8) is 0 Å². The van der Waals surface area contributed by atoms with E-state index >= 15 is 0 Å². The maximum Gasteiger partial charge on any atom is 0.376 e. The molecule has 2 aromatic rings. The predicted molar refractivity (Wildman–Crippen MR) is 72.8 cm³/mol. The van der Waals surface area contributed by atoms with Crippen molar-refractivity contribution in [2.24, 2.45) is 0 Å². The fraction of sp³-hybridized carbons (Fsp3) is 0.0909. The number of aromatic nitrogens is 2. The lowest BCUT2D eigenvalue weighted by atomic mass is 10.3. The molecule has 0 unspecified atom stereocenters. The number of anilines is 2. The Morgan fingerprint density at radius 1 is 1.50 bits per heavy atom. The number of nitrogens with zero attached hydrogens (tertiary/aromatic N) is 2. The molecule has 1 aromatic carbocycles. The van der Waals surface area contributed by atoms with Crippen LogP contribution in [0.5, 0.6) is 5.75 Å². The fourth-order valence-electron chi connectivity index (χ4n) is 1.56. The minimum atomic E-state index is -0.853. The van der Waals surface area contributed by atoms with Gasteiger partial charge in [0.25, 0.3) is 0 Å². The quantitative estimate of drug-likeness (QED) is 0.660. The maximum atomic E-state index is 11.5. The smallest absolute Gasteiger partial charge is 0.376 e. The lowest BCUT2D eigenvalue weighted by Gasteiger charge is -2.10. The molecule has 0 aliphatic carbocycles. The van der Waals surface area contributed by atoms with Gasteiger partial charge in [-0.15, -0.1) is 0 Å². The number of nitrogens with one attached hydrogen (secondary N) is 2. The van der Waals surface area contributed by atoms with E-state index in [1.807, 2.05) is 0 Å². The number of rotatable bonds is 4. The van der Waals surface area contributed by atoms with Crippen molar-refractivity contribution in [1.29, 1.82) is 0 Å². The fourth-order valence-corrected chi connectivity index (χ4v) is 1.73. The molecule has 1 aromatic heterocycles. The summed E-state index contributed by atoms with van der Waals surface area (Å²) in [6, 6.07) is 4.70. The zero-order valence-electron chi connectivity index (χ0n) is 10.2. The monoisotopic (exact) mass is 296 g/mol. The highest BCUT2D eigenvalue weighted by Gasteiger charge is 2.21. The van der Waals surface area contributed by atoms with Crippen LogP contribution in [0.4, 0.5) is 17.2 Å². The minimum Gasteiger partial charge on any atom is -0.495 e. The van der Waals surface area contributed by atoms with Gasteiger partial charge in [0, 0.05) is 5.02 Å². The van der Waals surface area contributed by atoms with Gasteiger partial charge >= 0.3 is 11.2 Å². The van der Waals surface area contributed by atoms with E-state index in [0.29, 0.717) is 16.5 Å². The van der Waals surface area contributed by atoms with Crippen LogP contribution in [-0.2, 0) is 0 Å². The van der Waals surface area contributed by atoms with E-state index in [1.165, 1.54) is 13.2 Å². The molecule has 0 amide bonds. The highest BCUT2D eigenvalue weighted by atomic mass is 35.5. The van der Waals surface area contributed by atoms with Gasteiger partial charge in [0.1, 0.15) is 5.75 Å². The number of methoxy groups -OCH3 is 1. The van der Waals surface area contributed by atoms with Crippen LogP contribution in [0.15, 0.2) is 29.3 Å². The van der Waals surface area contributed by atoms with Gasteiger partial charge in [-0.05, 0) is 18.2 Å². The average molecular weight is 297 g/mol. The van der Waals surface area contributed by atoms with Gasteiger partial charge in [0.05, 0.1) is 24.0 Å². The number of H-pyrrole nitrogens is 1. The van der Waals surface area contributed by atoms with Crippen LogP contribution in [-0.4, -0.2) is 22.0 Å². The molecule has 0 bridgehead atoms. The summed E-state index contributed by atoms with van der Waals surface area (Å²) in [5, 5.41) is 14.0. The second kappa shape index (κ2) is 5.57. The molecule has 0 spiro atoms. The Morgan fingerprint density at radius 3 is 2.90 bits per heavy atom. The number of hydrogen-bond donors (Lipinski definition) is 2. The summed E-state index contributed by atoms with van der Waals surface area (Å²) in [7, 11) is 1.44. The van der Waals surface area contributed by atoms with Gasteiger partial charge in [0.2, 0.25) is 5.82 Å². The number of aromatic amines is 1. The Bertz CT molecular complexity index is 716. The average Bonchev–Trinajstić information content (AvgIpc) is 2.38. The van der Waals surface area contributed by atoms with Crippen molar-refractivity contribution in [1.82, 2.24) is 9.97 Å². The van der Waals surface area contributed by atoms with Gasteiger partial charge in [0.15, 0.2) is 0 Å². The maximum absolute atomic E-state index is 11.5. The molecule has 2 rings (SSSR count). The summed E-state index contributed by atoms with van der Waals surface area (Å²) in [6.45, 7) is 0. The SMILES string of the molecule is COc1ccc(Cl)cc1Nc1nc[nH]c(=O)c1[N+](=O)[O-]. The zero-order chi connectivity index (χ0) is 14.7. The molecule has 9 heteroatoms. The Morgan fingerprint density at radius 2 is 2.25 bits per heavy atom. The van der Waals surface area contributed by atoms with Crippen molar-refractivity contribution in [2.45, 2.75) is 0 Å². The Kier molecular flexibility index (Phi) is 3.85. The van der Waals surface area contributed by atoms with Gasteiger partial charge < -0.3 is 15.0 Å². The Hall–Kier alpha value is -2.61. The molecule has 0 radical (unpaired) electrons. The molecule has 0 atom stereocenters. The van der Waals surface area contributed by atoms with E-state index in [4.69, 9.17) is 16.3 Å². The first kappa shape index (κ1) is 13.8. The van der Waals surface area contributed by atoms with Gasteiger partial charge in [-0.3, -0.25) is 14.9 Å². The van der Waals surface area contributed by atoms with Crippen molar-refractivity contribution in [2.75, 3.05) is 12.4 Å². The first-order valence-corrected chi connectivity index (χ1v) is 5.73. The number of benzene rings is 1. The third kappa shape index (κ3) is 2.69. The van der Waals surface area contributed by atoms with Crippen LogP contribution >= 0.6 is 11.6 Å². The van der Waals surface area contributed by atoms with E-state index in [1.54, 1.807) is 12.1 Å². The summed E-state index contributed by atoms with van der Waals surface area (Å²) < 4.78 is 5.10. The first-order chi connectivity index (χ1) is 9.52. The number of hydrogen-bond acceptors (Lipinski definition) is 6. The first-order valence-electron chi connectivity index (χ1n) is 5.35. The van der Waals surface area contributed by atoms with E-state index in [-0.39, 0.29) is 5.82 Å². The summed E-state index contributed by atoms with van der Waals surface area (Å²) in [5.74, 6) is 0.213. The molecule has 0 saturated heterocycles. The normalized spacial score (nSPS) is 10.1. The highest BCUT2D eigenvalue weighted by molar-refractivity contribution is 6.31. The van der Waals surface area contributed by atoms with E-state index < -0.39 is 16.2 Å². The molecule has 1 heterocycles. The van der Waals surface area contributed by atoms with E-state index in [0.717, 1.165) is 6.33 Å². The van der Waals surface area contributed by atoms with Crippen molar-refractivity contribution >= 4 is 28.8 Å². The summed E-state index contributed by atoms with van der Waals surface area (Å²) in [4.78, 5) is 27.4. The van der Waals surface area contributed by atoms with Crippen molar-refractivity contribution in [3.8, 4) is 5.75 Å². The molecular weight excluding hydrogens is 288 g/mol. The third-order valence-corrected chi connectivity index (χ3v) is 2.66. The summed E-state index contributed by atoms with van der Waals surface area (Å²) in [5.41, 5.74) is -1.18. The van der Waals surface area contributed by atoms with Crippen LogP contribution < -0.4 is 15.6 Å². The van der Waals surface area contributed by atoms with E-state index in [2.05, 4.69) is 15.3 Å². The largest absolute Gasteiger partial charge is 0.495 e. The molecule has 104 valence electrons. The van der Waals surface area contributed by atoms with E-state index in [9.17, 15) is 14.9 Å². The van der Waals surface area contributed by atoms with Crippen LogP contribution in [0.1, 0.15) is 0 Å². The molecule has 8 nitrogen and oxygen atoms in total. The van der Waals surface area contributed by atoms with Gasteiger partial charge in [-0.1, -0.05) is 11.6 Å². The van der Waals surface area contributed by atoms with Gasteiger partial charge in [-0.25, -0.2) is 4.98 Å². The molecular formula is C11H9ClN4O4. The second-order valence-electron chi connectivity index (χ2n) is 3.66. The zero-order valence-corrected chi connectivity index (χ0v) is 11.0. The second-order valence-corrected chi connectivity index (χ2v) is 4.09. The standard InChI is InChI=1S/C11H9ClN4O4/c1-20-8-3-2-6(12)4-7(8)15-10-9(16(18)19)11(17)14-5-13-10/h2-5H,1H3,(H2,13,14,15,17). The molecule has 0 fully saturated rings. The number of halogens is 1. The lowest BCUT2D eigenvalue weighted by molar-refractivity contribution is -0.385. The van der Waals surface area contributed by atoms with Gasteiger partial charge in [-0.2, -0.15) is 0 Å². The minimum absolute atomic E-state index is 0.195. The van der Waals surface area contributed by atoms with Crippen LogP contribution in [0.3, 0.4) is 0 Å². The Balaban J connectivity index is 2.50.